The van der Waals surface area contributed by atoms with Crippen LogP contribution in [-0.2, 0) is 0 Å². The summed E-state index contributed by atoms with van der Waals surface area (Å²) in [5, 5.41) is 0. The second-order valence-electron chi connectivity index (χ2n) is 5.22. The number of primary amides is 1. The number of halogens is 2. The molecule has 0 aliphatic rings. The molecule has 3 aromatic rings. The zero-order chi connectivity index (χ0) is 18.8. The smallest absolute Gasteiger partial charge is 0.271 e. The summed E-state index contributed by atoms with van der Waals surface area (Å²) >= 11 is 0. The molecule has 26 heavy (non-hydrogen) atoms. The summed E-state index contributed by atoms with van der Waals surface area (Å²) < 4.78 is 44.0. The van der Waals surface area contributed by atoms with Gasteiger partial charge in [-0.25, -0.2) is 13.8 Å². The number of amides is 1. The Kier molecular flexibility index (Phi) is 4.57. The number of benzene rings is 2. The zero-order valence-electron chi connectivity index (χ0n) is 13.9. The average Bonchev–Trinajstić information content (AvgIpc) is 3.06. The fraction of sp³-hybridized carbons (Fsp3) is 0.111. The number of ether oxygens (including phenoxy) is 2. The molecule has 1 heterocycles. The van der Waals surface area contributed by atoms with Gasteiger partial charge in [0.2, 0.25) is 5.89 Å². The number of nitrogens with zero attached hydrogens (tertiary/aromatic N) is 1. The van der Waals surface area contributed by atoms with Gasteiger partial charge in [0.1, 0.15) is 28.7 Å². The molecule has 0 saturated heterocycles. The molecule has 1 amide bonds. The Labute approximate surface area is 147 Å². The molecule has 0 aliphatic heterocycles. The highest BCUT2D eigenvalue weighted by Gasteiger charge is 2.26. The van der Waals surface area contributed by atoms with Gasteiger partial charge in [0, 0.05) is 6.07 Å². The molecule has 6 nitrogen and oxygen atoms in total. The van der Waals surface area contributed by atoms with Crippen LogP contribution in [0.1, 0.15) is 10.5 Å². The number of oxazole rings is 1. The van der Waals surface area contributed by atoms with Crippen LogP contribution in [0, 0.1) is 11.6 Å². The third-order valence-corrected chi connectivity index (χ3v) is 3.69. The summed E-state index contributed by atoms with van der Waals surface area (Å²) in [4.78, 5) is 15.7. The van der Waals surface area contributed by atoms with Crippen molar-refractivity contribution in [2.24, 2.45) is 5.73 Å². The van der Waals surface area contributed by atoms with Crippen molar-refractivity contribution in [2.75, 3.05) is 14.2 Å². The second kappa shape index (κ2) is 6.83. The van der Waals surface area contributed by atoms with Crippen molar-refractivity contribution in [3.05, 3.63) is 53.7 Å². The van der Waals surface area contributed by atoms with E-state index in [0.717, 1.165) is 12.1 Å². The summed E-state index contributed by atoms with van der Waals surface area (Å²) in [6, 6.07) is 8.05. The summed E-state index contributed by atoms with van der Waals surface area (Å²) in [6.07, 6.45) is 0. The maximum Gasteiger partial charge on any atom is 0.271 e. The van der Waals surface area contributed by atoms with Crippen molar-refractivity contribution >= 4 is 5.91 Å². The maximum absolute atomic E-state index is 14.0. The van der Waals surface area contributed by atoms with Crippen LogP contribution >= 0.6 is 0 Å². The van der Waals surface area contributed by atoms with Crippen molar-refractivity contribution in [3.63, 3.8) is 0 Å². The lowest BCUT2D eigenvalue weighted by Gasteiger charge is -2.09. The minimum atomic E-state index is -0.912. The van der Waals surface area contributed by atoms with E-state index >= 15 is 0 Å². The molecule has 0 bridgehead atoms. The first-order valence-corrected chi connectivity index (χ1v) is 7.43. The van der Waals surface area contributed by atoms with Gasteiger partial charge >= 0.3 is 0 Å². The van der Waals surface area contributed by atoms with E-state index in [2.05, 4.69) is 4.98 Å². The zero-order valence-corrected chi connectivity index (χ0v) is 13.9. The molecule has 0 spiro atoms. The van der Waals surface area contributed by atoms with Crippen LogP contribution in [0.25, 0.3) is 22.8 Å². The predicted molar refractivity (Wildman–Crippen MR) is 88.9 cm³/mol. The first-order chi connectivity index (χ1) is 12.5. The number of methoxy groups -OCH3 is 2. The van der Waals surface area contributed by atoms with E-state index in [1.165, 1.54) is 20.3 Å². The Balaban J connectivity index is 2.23. The van der Waals surface area contributed by atoms with E-state index in [-0.39, 0.29) is 11.5 Å². The highest BCUT2D eigenvalue weighted by atomic mass is 19.1. The lowest BCUT2D eigenvalue weighted by molar-refractivity contribution is 0.0996. The number of hydrogen-bond donors (Lipinski definition) is 1. The number of rotatable bonds is 5. The molecule has 0 radical (unpaired) electrons. The van der Waals surface area contributed by atoms with Gasteiger partial charge in [-0.1, -0.05) is 6.07 Å². The van der Waals surface area contributed by atoms with Crippen LogP contribution in [0.15, 0.2) is 40.8 Å². The van der Waals surface area contributed by atoms with E-state index in [4.69, 9.17) is 19.6 Å². The van der Waals surface area contributed by atoms with Gasteiger partial charge in [0.25, 0.3) is 5.91 Å². The third-order valence-electron chi connectivity index (χ3n) is 3.69. The van der Waals surface area contributed by atoms with Gasteiger partial charge in [-0.2, -0.15) is 0 Å². The van der Waals surface area contributed by atoms with Crippen LogP contribution < -0.4 is 15.2 Å². The number of carbonyl (C=O) groups is 1. The average molecular weight is 360 g/mol. The molecular weight excluding hydrogens is 346 g/mol. The Morgan fingerprint density at radius 1 is 1.12 bits per heavy atom. The predicted octanol–water partition coefficient (Wildman–Crippen LogP) is 3.40. The fourth-order valence-corrected chi connectivity index (χ4v) is 2.46. The number of nitrogens with two attached hydrogens (primary N) is 1. The lowest BCUT2D eigenvalue weighted by Crippen LogP contribution is -2.12. The number of carbonyl (C=O) groups excluding carboxylic acids is 1. The van der Waals surface area contributed by atoms with Crippen LogP contribution in [0.5, 0.6) is 11.5 Å². The van der Waals surface area contributed by atoms with Gasteiger partial charge in [0.05, 0.1) is 19.8 Å². The molecule has 0 aliphatic carbocycles. The Morgan fingerprint density at radius 3 is 2.38 bits per heavy atom. The monoisotopic (exact) mass is 360 g/mol. The maximum atomic E-state index is 14.0. The standard InChI is InChI=1S/C18H14F2N2O4/c1-24-9-6-7-10(13(8-9)25-2)16-15(17(21)23)22-18(26-16)14-11(19)4-3-5-12(14)20/h3-8H,1-2H3,(H2,21,23). The van der Waals surface area contributed by atoms with Gasteiger partial charge in [-0.3, -0.25) is 4.79 Å². The minimum absolute atomic E-state index is 0.0605. The highest BCUT2D eigenvalue weighted by Crippen LogP contribution is 2.38. The molecule has 0 atom stereocenters. The van der Waals surface area contributed by atoms with Crippen LogP contribution in [0.4, 0.5) is 8.78 Å². The summed E-state index contributed by atoms with van der Waals surface area (Å²) in [6.45, 7) is 0. The minimum Gasteiger partial charge on any atom is -0.497 e. The largest absolute Gasteiger partial charge is 0.497 e. The molecule has 134 valence electrons. The van der Waals surface area contributed by atoms with Crippen LogP contribution in [-0.4, -0.2) is 25.1 Å². The van der Waals surface area contributed by atoms with E-state index in [9.17, 15) is 13.6 Å². The summed E-state index contributed by atoms with van der Waals surface area (Å²) in [7, 11) is 2.90. The van der Waals surface area contributed by atoms with Gasteiger partial charge < -0.3 is 19.6 Å². The lowest BCUT2D eigenvalue weighted by atomic mass is 10.1. The van der Waals surface area contributed by atoms with E-state index < -0.39 is 29.0 Å². The van der Waals surface area contributed by atoms with E-state index in [0.29, 0.717) is 17.1 Å². The normalized spacial score (nSPS) is 10.6. The Morgan fingerprint density at radius 2 is 1.81 bits per heavy atom. The second-order valence-corrected chi connectivity index (χ2v) is 5.22. The van der Waals surface area contributed by atoms with Crippen molar-refractivity contribution in [3.8, 4) is 34.3 Å². The topological polar surface area (TPSA) is 87.6 Å². The Bertz CT molecular complexity index is 965. The van der Waals surface area contributed by atoms with Gasteiger partial charge in [-0.05, 0) is 24.3 Å². The van der Waals surface area contributed by atoms with Crippen LogP contribution in [0.3, 0.4) is 0 Å². The van der Waals surface area contributed by atoms with E-state index in [1.807, 2.05) is 0 Å². The van der Waals surface area contributed by atoms with E-state index in [1.54, 1.807) is 18.2 Å². The van der Waals surface area contributed by atoms with Crippen molar-refractivity contribution < 1.29 is 27.5 Å². The molecule has 2 N–H and O–H groups in total. The first-order valence-electron chi connectivity index (χ1n) is 7.43. The summed E-state index contributed by atoms with van der Waals surface area (Å²) in [5.74, 6) is -2.32. The van der Waals surface area contributed by atoms with Crippen LogP contribution in [0.2, 0.25) is 0 Å². The Hall–Kier alpha value is -3.42. The SMILES string of the molecule is COc1ccc(-c2oc(-c3c(F)cccc3F)nc2C(N)=O)c(OC)c1. The molecule has 0 saturated carbocycles. The fourth-order valence-electron chi connectivity index (χ4n) is 2.46. The molecule has 8 heteroatoms. The number of aromatic nitrogens is 1. The molecule has 3 rings (SSSR count). The number of hydrogen-bond acceptors (Lipinski definition) is 5. The molecule has 0 fully saturated rings. The molecule has 2 aromatic carbocycles. The molecule has 0 unspecified atom stereocenters. The van der Waals surface area contributed by atoms with Gasteiger partial charge in [-0.15, -0.1) is 0 Å². The quantitative estimate of drug-likeness (QED) is 0.753. The molecular formula is C18H14F2N2O4. The molecule has 1 aromatic heterocycles. The van der Waals surface area contributed by atoms with Crippen molar-refractivity contribution in [1.29, 1.82) is 0 Å². The van der Waals surface area contributed by atoms with Crippen molar-refractivity contribution in [1.82, 2.24) is 4.98 Å². The highest BCUT2D eigenvalue weighted by molar-refractivity contribution is 5.98. The first kappa shape index (κ1) is 17.4. The third kappa shape index (κ3) is 2.97. The van der Waals surface area contributed by atoms with Crippen molar-refractivity contribution in [2.45, 2.75) is 0 Å². The van der Waals surface area contributed by atoms with Gasteiger partial charge in [0.15, 0.2) is 11.5 Å². The summed E-state index contributed by atoms with van der Waals surface area (Å²) in [5.41, 5.74) is 4.92.